The number of methoxy groups -OCH3 is 5. The van der Waals surface area contributed by atoms with Crippen LogP contribution < -0.4 is 23.7 Å². The lowest BCUT2D eigenvalue weighted by atomic mass is 9.86. The number of hydrogen-bond acceptors (Lipinski definition) is 7. The fourth-order valence-corrected chi connectivity index (χ4v) is 5.12. The summed E-state index contributed by atoms with van der Waals surface area (Å²) in [6.45, 7) is 4.07. The molecular formula is C28H40NO7+. The lowest BCUT2D eigenvalue weighted by molar-refractivity contribution is -0.941. The summed E-state index contributed by atoms with van der Waals surface area (Å²) >= 11 is 0. The zero-order valence-electron chi connectivity index (χ0n) is 22.6. The summed E-state index contributed by atoms with van der Waals surface area (Å²) in [7, 11) is 10.5. The van der Waals surface area contributed by atoms with E-state index in [-0.39, 0.29) is 12.0 Å². The zero-order valence-corrected chi connectivity index (χ0v) is 22.6. The van der Waals surface area contributed by atoms with Crippen LogP contribution in [0.15, 0.2) is 24.3 Å². The molecule has 8 heteroatoms. The van der Waals surface area contributed by atoms with E-state index in [4.69, 9.17) is 28.4 Å². The van der Waals surface area contributed by atoms with Gasteiger partial charge in [-0.2, -0.15) is 0 Å². The van der Waals surface area contributed by atoms with Gasteiger partial charge in [0.15, 0.2) is 23.0 Å². The Hall–Kier alpha value is -3.13. The zero-order chi connectivity index (χ0) is 26.3. The largest absolute Gasteiger partial charge is 0.493 e. The first kappa shape index (κ1) is 27.5. The molecule has 0 aliphatic carbocycles. The van der Waals surface area contributed by atoms with Gasteiger partial charge in [-0.05, 0) is 35.4 Å². The van der Waals surface area contributed by atoms with Crippen LogP contribution in [0.25, 0.3) is 0 Å². The number of rotatable bonds is 12. The van der Waals surface area contributed by atoms with E-state index in [9.17, 15) is 4.79 Å². The van der Waals surface area contributed by atoms with Crippen LogP contribution in [0.2, 0.25) is 0 Å². The molecule has 1 heterocycles. The van der Waals surface area contributed by atoms with Crippen LogP contribution in [0.5, 0.6) is 28.7 Å². The van der Waals surface area contributed by atoms with E-state index in [1.165, 1.54) is 11.1 Å². The molecule has 0 fully saturated rings. The quantitative estimate of drug-likeness (QED) is 0.243. The molecule has 2 aromatic rings. The van der Waals surface area contributed by atoms with E-state index in [1.807, 2.05) is 19.1 Å². The third-order valence-corrected chi connectivity index (χ3v) is 7.17. The number of nitrogens with zero attached hydrogens (tertiary/aromatic N) is 1. The molecule has 0 spiro atoms. The van der Waals surface area contributed by atoms with Gasteiger partial charge in [0.1, 0.15) is 6.04 Å². The maximum Gasteiger partial charge on any atom is 0.305 e. The predicted molar refractivity (Wildman–Crippen MR) is 138 cm³/mol. The molecule has 0 saturated heterocycles. The Morgan fingerprint density at radius 3 is 2.06 bits per heavy atom. The van der Waals surface area contributed by atoms with Crippen LogP contribution in [0.3, 0.4) is 0 Å². The van der Waals surface area contributed by atoms with Crippen molar-refractivity contribution < 1.29 is 37.7 Å². The fourth-order valence-electron chi connectivity index (χ4n) is 5.12. The summed E-state index contributed by atoms with van der Waals surface area (Å²) in [5.74, 6) is 3.15. The summed E-state index contributed by atoms with van der Waals surface area (Å²) in [4.78, 5) is 11.6. The maximum absolute atomic E-state index is 11.6. The summed E-state index contributed by atoms with van der Waals surface area (Å²) in [6, 6.07) is 8.39. The maximum atomic E-state index is 11.6. The van der Waals surface area contributed by atoms with E-state index in [0.717, 1.165) is 53.9 Å². The number of benzene rings is 2. The molecule has 0 radical (unpaired) electrons. The molecule has 3 rings (SSSR count). The van der Waals surface area contributed by atoms with Crippen LogP contribution in [-0.4, -0.2) is 72.7 Å². The van der Waals surface area contributed by atoms with Crippen molar-refractivity contribution in [1.29, 1.82) is 0 Å². The average Bonchev–Trinajstić information content (AvgIpc) is 2.91. The second-order valence-corrected chi connectivity index (χ2v) is 9.26. The molecule has 2 aromatic carbocycles. The van der Waals surface area contributed by atoms with Crippen molar-refractivity contribution in [3.8, 4) is 28.7 Å². The molecule has 198 valence electrons. The highest BCUT2D eigenvalue weighted by atomic mass is 16.5. The molecule has 2 atom stereocenters. The molecule has 0 amide bonds. The Morgan fingerprint density at radius 1 is 0.889 bits per heavy atom. The number of ether oxygens (including phenoxy) is 6. The number of likely N-dealkylation sites (N-methyl/N-ethyl adjacent to an activating group) is 1. The number of quaternary nitrogens is 1. The SMILES string of the molecule is CCC(=O)OCCC[N+]1(C)CCc2cc(OC)c(OC)cc2C1Cc1cc(OC)c(OC)c(OC)c1. The average molecular weight is 503 g/mol. The molecular weight excluding hydrogens is 462 g/mol. The smallest absolute Gasteiger partial charge is 0.305 e. The van der Waals surface area contributed by atoms with E-state index in [1.54, 1.807) is 35.5 Å². The second kappa shape index (κ2) is 12.2. The van der Waals surface area contributed by atoms with E-state index in [0.29, 0.717) is 30.3 Å². The highest BCUT2D eigenvalue weighted by Gasteiger charge is 2.40. The first-order chi connectivity index (χ1) is 17.3. The highest BCUT2D eigenvalue weighted by molar-refractivity contribution is 5.68. The van der Waals surface area contributed by atoms with Crippen LogP contribution in [0.4, 0.5) is 0 Å². The molecule has 0 N–H and O–H groups in total. The molecule has 1 aliphatic rings. The molecule has 0 aromatic heterocycles. The monoisotopic (exact) mass is 502 g/mol. The van der Waals surface area contributed by atoms with Gasteiger partial charge in [0.2, 0.25) is 5.75 Å². The van der Waals surface area contributed by atoms with Crippen molar-refractivity contribution >= 4 is 5.97 Å². The Bertz CT molecular complexity index is 1030. The van der Waals surface area contributed by atoms with E-state index < -0.39 is 0 Å². The van der Waals surface area contributed by atoms with Crippen molar-refractivity contribution in [2.45, 2.75) is 38.6 Å². The third kappa shape index (κ3) is 5.81. The molecule has 0 bridgehead atoms. The minimum atomic E-state index is -0.160. The summed E-state index contributed by atoms with van der Waals surface area (Å²) in [5.41, 5.74) is 3.58. The van der Waals surface area contributed by atoms with E-state index in [2.05, 4.69) is 19.2 Å². The Labute approximate surface area is 214 Å². The van der Waals surface area contributed by atoms with Crippen molar-refractivity contribution in [2.75, 3.05) is 62.3 Å². The Morgan fingerprint density at radius 2 is 1.50 bits per heavy atom. The predicted octanol–water partition coefficient (Wildman–Crippen LogP) is 4.36. The highest BCUT2D eigenvalue weighted by Crippen LogP contribution is 2.44. The van der Waals surface area contributed by atoms with Gasteiger partial charge in [0.05, 0.1) is 62.3 Å². The van der Waals surface area contributed by atoms with Gasteiger partial charge in [-0.3, -0.25) is 4.79 Å². The normalized spacial score (nSPS) is 18.7. The van der Waals surface area contributed by atoms with Crippen molar-refractivity contribution in [3.05, 3.63) is 41.0 Å². The summed E-state index contributed by atoms with van der Waals surface area (Å²) in [5, 5.41) is 0. The van der Waals surface area contributed by atoms with Crippen LogP contribution in [0, 0.1) is 0 Å². The first-order valence-electron chi connectivity index (χ1n) is 12.4. The number of hydrogen-bond donors (Lipinski definition) is 0. The van der Waals surface area contributed by atoms with Crippen LogP contribution in [0.1, 0.15) is 42.5 Å². The van der Waals surface area contributed by atoms with Crippen LogP contribution in [-0.2, 0) is 22.4 Å². The Balaban J connectivity index is 2.01. The van der Waals surface area contributed by atoms with Crippen molar-refractivity contribution in [1.82, 2.24) is 0 Å². The summed E-state index contributed by atoms with van der Waals surface area (Å²) < 4.78 is 34.2. The topological polar surface area (TPSA) is 72.5 Å². The minimum absolute atomic E-state index is 0.137. The van der Waals surface area contributed by atoms with Crippen LogP contribution >= 0.6 is 0 Å². The molecule has 8 nitrogen and oxygen atoms in total. The van der Waals surface area contributed by atoms with Gasteiger partial charge in [-0.1, -0.05) is 6.92 Å². The molecule has 36 heavy (non-hydrogen) atoms. The third-order valence-electron chi connectivity index (χ3n) is 7.17. The standard InChI is InChI=1S/C28H40NO7/c1-8-27(30)36-13-9-11-29(2)12-10-20-17-23(31-3)24(32-4)18-21(20)22(29)14-19-15-25(33-5)28(35-7)26(16-19)34-6/h15-18,22H,8-14H2,1-7H3/q+1. The lowest BCUT2D eigenvalue weighted by Crippen LogP contribution is -2.52. The first-order valence-corrected chi connectivity index (χ1v) is 12.4. The van der Waals surface area contributed by atoms with Crippen molar-refractivity contribution in [2.24, 2.45) is 0 Å². The molecule has 2 unspecified atom stereocenters. The van der Waals surface area contributed by atoms with Gasteiger partial charge < -0.3 is 32.9 Å². The minimum Gasteiger partial charge on any atom is -0.493 e. The lowest BCUT2D eigenvalue weighted by Gasteiger charge is -2.46. The number of esters is 1. The van der Waals surface area contributed by atoms with Gasteiger partial charge in [-0.15, -0.1) is 0 Å². The Kier molecular flexibility index (Phi) is 9.31. The summed E-state index contributed by atoms with van der Waals surface area (Å²) in [6.07, 6.45) is 2.86. The van der Waals surface area contributed by atoms with Gasteiger partial charge >= 0.3 is 5.97 Å². The second-order valence-electron chi connectivity index (χ2n) is 9.26. The molecule has 1 aliphatic heterocycles. The van der Waals surface area contributed by atoms with Crippen molar-refractivity contribution in [3.63, 3.8) is 0 Å². The molecule has 0 saturated carbocycles. The van der Waals surface area contributed by atoms with Gasteiger partial charge in [0.25, 0.3) is 0 Å². The van der Waals surface area contributed by atoms with E-state index >= 15 is 0 Å². The fraction of sp³-hybridized carbons (Fsp3) is 0.536. The van der Waals surface area contributed by atoms with Gasteiger partial charge in [0, 0.05) is 31.2 Å². The van der Waals surface area contributed by atoms with Gasteiger partial charge in [-0.25, -0.2) is 0 Å². The number of fused-ring (bicyclic) bond motifs is 1. The number of carbonyl (C=O) groups is 1. The number of carbonyl (C=O) groups excluding carboxylic acids is 1.